The maximum atomic E-state index is 12.1. The van der Waals surface area contributed by atoms with Gasteiger partial charge in [-0.05, 0) is 32.2 Å². The zero-order valence-corrected chi connectivity index (χ0v) is 15.3. The van der Waals surface area contributed by atoms with Crippen LogP contribution < -0.4 is 16.0 Å². The van der Waals surface area contributed by atoms with Gasteiger partial charge >= 0.3 is 0 Å². The van der Waals surface area contributed by atoms with Crippen molar-refractivity contribution in [2.24, 2.45) is 11.7 Å². The van der Waals surface area contributed by atoms with E-state index in [4.69, 9.17) is 5.73 Å². The van der Waals surface area contributed by atoms with Crippen molar-refractivity contribution >= 4 is 21.7 Å². The van der Waals surface area contributed by atoms with Gasteiger partial charge in [0.05, 0.1) is 11.9 Å². The number of amides is 1. The highest BCUT2D eigenvalue weighted by molar-refractivity contribution is 7.90. The van der Waals surface area contributed by atoms with E-state index in [9.17, 15) is 13.2 Å². The lowest BCUT2D eigenvalue weighted by Gasteiger charge is -2.31. The second-order valence-electron chi connectivity index (χ2n) is 6.90. The summed E-state index contributed by atoms with van der Waals surface area (Å²) in [5, 5.41) is 3.31. The predicted octanol–water partition coefficient (Wildman–Crippen LogP) is 0.0488. The number of hydrogen-bond donors (Lipinski definition) is 2. The molecule has 2 aliphatic rings. The third kappa shape index (κ3) is 4.09. The Hall–Kier alpha value is -1.74. The molecule has 0 unspecified atom stereocenters. The maximum absolute atomic E-state index is 12.1. The Morgan fingerprint density at radius 2 is 2.04 bits per heavy atom. The Kier molecular flexibility index (Phi) is 5.24. The molecule has 1 atom stereocenters. The Morgan fingerprint density at radius 3 is 2.60 bits per heavy atom. The molecule has 0 aromatic carbocycles. The highest BCUT2D eigenvalue weighted by Gasteiger charge is 2.28. The van der Waals surface area contributed by atoms with E-state index < -0.39 is 9.84 Å². The average Bonchev–Trinajstić information content (AvgIpc) is 2.61. The molecule has 2 fully saturated rings. The fourth-order valence-corrected chi connectivity index (χ4v) is 4.39. The number of sulfone groups is 1. The van der Waals surface area contributed by atoms with E-state index in [-0.39, 0.29) is 22.6 Å². The maximum Gasteiger partial charge on any atom is 0.225 e. The van der Waals surface area contributed by atoms with Crippen molar-refractivity contribution in [1.29, 1.82) is 0 Å². The molecule has 9 heteroatoms. The summed E-state index contributed by atoms with van der Waals surface area (Å²) in [7, 11) is -3.38. The smallest absolute Gasteiger partial charge is 0.225 e. The molecule has 0 saturated carbocycles. The zero-order valence-electron chi connectivity index (χ0n) is 14.4. The number of rotatable bonds is 4. The van der Waals surface area contributed by atoms with Gasteiger partial charge in [0.15, 0.2) is 9.84 Å². The van der Waals surface area contributed by atoms with Crippen LogP contribution in [0.5, 0.6) is 0 Å². The van der Waals surface area contributed by atoms with E-state index in [0.717, 1.165) is 25.9 Å². The van der Waals surface area contributed by atoms with Gasteiger partial charge in [0.1, 0.15) is 4.90 Å². The monoisotopic (exact) mass is 367 g/mol. The third-order valence-electron chi connectivity index (χ3n) is 5.03. The molecule has 25 heavy (non-hydrogen) atoms. The number of carbonyl (C=O) groups is 1. The molecule has 2 aliphatic heterocycles. The van der Waals surface area contributed by atoms with Crippen LogP contribution in [0.1, 0.15) is 37.3 Å². The number of hydrogen-bond acceptors (Lipinski definition) is 7. The van der Waals surface area contributed by atoms with Crippen LogP contribution in [0.3, 0.4) is 0 Å². The lowest BCUT2D eigenvalue weighted by molar-refractivity contribution is -0.122. The minimum absolute atomic E-state index is 0.0726. The number of piperidine rings is 2. The van der Waals surface area contributed by atoms with Gasteiger partial charge in [-0.2, -0.15) is 0 Å². The number of nitrogens with zero attached hydrogens (tertiary/aromatic N) is 3. The first kappa shape index (κ1) is 18.1. The molecule has 1 amide bonds. The molecule has 0 bridgehead atoms. The number of primary amides is 1. The van der Waals surface area contributed by atoms with Crippen LogP contribution in [-0.4, -0.2) is 56.7 Å². The van der Waals surface area contributed by atoms with Crippen LogP contribution in [0.15, 0.2) is 11.1 Å². The number of aromatic nitrogens is 2. The Morgan fingerprint density at radius 1 is 1.32 bits per heavy atom. The highest BCUT2D eigenvalue weighted by Crippen LogP contribution is 2.29. The SMILES string of the molecule is CS(=O)(=O)c1cnc(N2CCC(C(N)=O)CC2)nc1[C@@H]1CCCNC1. The topological polar surface area (TPSA) is 118 Å². The van der Waals surface area contributed by atoms with Gasteiger partial charge < -0.3 is 16.0 Å². The van der Waals surface area contributed by atoms with Gasteiger partial charge in [0.2, 0.25) is 11.9 Å². The quantitative estimate of drug-likeness (QED) is 0.772. The summed E-state index contributed by atoms with van der Waals surface area (Å²) in [5.41, 5.74) is 5.99. The molecule has 0 radical (unpaired) electrons. The van der Waals surface area contributed by atoms with Crippen molar-refractivity contribution in [3.63, 3.8) is 0 Å². The second kappa shape index (κ2) is 7.25. The highest BCUT2D eigenvalue weighted by atomic mass is 32.2. The fraction of sp³-hybridized carbons (Fsp3) is 0.688. The lowest BCUT2D eigenvalue weighted by atomic mass is 9.95. The summed E-state index contributed by atoms with van der Waals surface area (Å²) in [6.45, 7) is 2.97. The van der Waals surface area contributed by atoms with E-state index in [0.29, 0.717) is 37.6 Å². The van der Waals surface area contributed by atoms with Crippen LogP contribution in [-0.2, 0) is 14.6 Å². The first-order chi connectivity index (χ1) is 11.9. The molecule has 3 heterocycles. The van der Waals surface area contributed by atoms with Crippen molar-refractivity contribution in [3.05, 3.63) is 11.9 Å². The standard InChI is InChI=1S/C16H25N5O3S/c1-25(23,24)13-10-19-16(20-14(13)12-3-2-6-18-9-12)21-7-4-11(5-8-21)15(17)22/h10-12,18H,2-9H2,1H3,(H2,17,22)/t12-/m1/s1. The van der Waals surface area contributed by atoms with Gasteiger partial charge in [0, 0.05) is 37.7 Å². The van der Waals surface area contributed by atoms with Crippen molar-refractivity contribution in [2.75, 3.05) is 37.3 Å². The molecule has 3 rings (SSSR count). The van der Waals surface area contributed by atoms with Crippen LogP contribution in [0.4, 0.5) is 5.95 Å². The van der Waals surface area contributed by atoms with Gasteiger partial charge in [-0.25, -0.2) is 18.4 Å². The van der Waals surface area contributed by atoms with Gasteiger partial charge in [-0.15, -0.1) is 0 Å². The molecule has 0 spiro atoms. The number of nitrogens with one attached hydrogen (secondary N) is 1. The zero-order chi connectivity index (χ0) is 18.0. The van der Waals surface area contributed by atoms with Crippen LogP contribution in [0.2, 0.25) is 0 Å². The lowest BCUT2D eigenvalue weighted by Crippen LogP contribution is -2.39. The minimum Gasteiger partial charge on any atom is -0.369 e. The largest absolute Gasteiger partial charge is 0.369 e. The van der Waals surface area contributed by atoms with E-state index >= 15 is 0 Å². The molecular formula is C16H25N5O3S. The summed E-state index contributed by atoms with van der Waals surface area (Å²) >= 11 is 0. The predicted molar refractivity (Wildman–Crippen MR) is 94.1 cm³/mol. The van der Waals surface area contributed by atoms with Gasteiger partial charge in [-0.3, -0.25) is 4.79 Å². The van der Waals surface area contributed by atoms with Gasteiger partial charge in [-0.1, -0.05) is 0 Å². The van der Waals surface area contributed by atoms with Crippen LogP contribution in [0, 0.1) is 5.92 Å². The summed E-state index contributed by atoms with van der Waals surface area (Å²) in [6, 6.07) is 0. The molecular weight excluding hydrogens is 342 g/mol. The number of anilines is 1. The Bertz CT molecular complexity index is 738. The first-order valence-corrected chi connectivity index (χ1v) is 10.6. The summed E-state index contributed by atoms with van der Waals surface area (Å²) in [4.78, 5) is 22.5. The van der Waals surface area contributed by atoms with Crippen molar-refractivity contribution in [3.8, 4) is 0 Å². The van der Waals surface area contributed by atoms with Crippen LogP contribution >= 0.6 is 0 Å². The second-order valence-corrected chi connectivity index (χ2v) is 8.88. The fourth-order valence-electron chi connectivity index (χ4n) is 3.55. The van der Waals surface area contributed by atoms with E-state index in [2.05, 4.69) is 15.3 Å². The average molecular weight is 367 g/mol. The van der Waals surface area contributed by atoms with Crippen molar-refractivity contribution in [2.45, 2.75) is 36.5 Å². The molecule has 3 N–H and O–H groups in total. The number of nitrogens with two attached hydrogens (primary N) is 1. The Labute approximate surface area is 148 Å². The first-order valence-electron chi connectivity index (χ1n) is 8.68. The summed E-state index contributed by atoms with van der Waals surface area (Å²) in [6.07, 6.45) is 5.89. The van der Waals surface area contributed by atoms with E-state index in [1.54, 1.807) is 0 Å². The summed E-state index contributed by atoms with van der Waals surface area (Å²) in [5.74, 6) is 0.245. The minimum atomic E-state index is -3.38. The van der Waals surface area contributed by atoms with Gasteiger partial charge in [0.25, 0.3) is 0 Å². The van der Waals surface area contributed by atoms with Crippen molar-refractivity contribution < 1.29 is 13.2 Å². The number of carbonyl (C=O) groups excluding carboxylic acids is 1. The Balaban J connectivity index is 1.88. The molecule has 2 saturated heterocycles. The normalized spacial score (nSPS) is 22.8. The van der Waals surface area contributed by atoms with Crippen molar-refractivity contribution in [1.82, 2.24) is 15.3 Å². The van der Waals surface area contributed by atoms with E-state index in [1.165, 1.54) is 12.5 Å². The molecule has 1 aromatic heterocycles. The molecule has 1 aromatic rings. The third-order valence-corrected chi connectivity index (χ3v) is 6.15. The molecule has 138 valence electrons. The molecule has 0 aliphatic carbocycles. The molecule has 8 nitrogen and oxygen atoms in total. The van der Waals surface area contributed by atoms with E-state index in [1.807, 2.05) is 4.90 Å². The summed E-state index contributed by atoms with van der Waals surface area (Å²) < 4.78 is 24.3. The van der Waals surface area contributed by atoms with Crippen LogP contribution in [0.25, 0.3) is 0 Å².